The molecule has 3 rings (SSSR count). The first-order chi connectivity index (χ1) is 9.74. The molecule has 2 aromatic heterocycles. The molecular weight excluding hydrogens is 320 g/mol. The number of halogens is 1. The van der Waals surface area contributed by atoms with Crippen LogP contribution in [0, 0.1) is 0 Å². The van der Waals surface area contributed by atoms with Crippen molar-refractivity contribution in [3.63, 3.8) is 0 Å². The SMILES string of the molecule is O=C(NCCCn1ccnc1)c1cc(Br)cn1C1CC1. The zero-order chi connectivity index (χ0) is 13.9. The number of carbonyl (C=O) groups excluding carboxylic acids is 1. The Kier molecular flexibility index (Phi) is 3.91. The lowest BCUT2D eigenvalue weighted by Crippen LogP contribution is -2.27. The van der Waals surface area contributed by atoms with Gasteiger partial charge in [0, 0.05) is 42.2 Å². The van der Waals surface area contributed by atoms with Crippen LogP contribution in [-0.4, -0.2) is 26.6 Å². The monoisotopic (exact) mass is 336 g/mol. The molecule has 2 aromatic rings. The first kappa shape index (κ1) is 13.4. The van der Waals surface area contributed by atoms with Crippen LogP contribution in [0.15, 0.2) is 35.5 Å². The molecule has 0 spiro atoms. The average molecular weight is 337 g/mol. The largest absolute Gasteiger partial charge is 0.351 e. The zero-order valence-corrected chi connectivity index (χ0v) is 12.7. The Hall–Kier alpha value is -1.56. The molecule has 0 saturated heterocycles. The van der Waals surface area contributed by atoms with Crippen LogP contribution in [0.5, 0.6) is 0 Å². The molecule has 1 saturated carbocycles. The lowest BCUT2D eigenvalue weighted by molar-refractivity contribution is 0.0943. The van der Waals surface area contributed by atoms with Crippen molar-refractivity contribution in [3.05, 3.63) is 41.2 Å². The number of hydrogen-bond acceptors (Lipinski definition) is 2. The zero-order valence-electron chi connectivity index (χ0n) is 11.1. The van der Waals surface area contributed by atoms with Gasteiger partial charge in [0.2, 0.25) is 0 Å². The smallest absolute Gasteiger partial charge is 0.267 e. The standard InChI is InChI=1S/C14H17BrN4O/c15-11-8-13(19(9-11)12-2-3-12)14(20)17-4-1-6-18-7-5-16-10-18/h5,7-10,12H,1-4,6H2,(H,17,20). The molecule has 6 heteroatoms. The highest BCUT2D eigenvalue weighted by molar-refractivity contribution is 9.10. The van der Waals surface area contributed by atoms with Crippen molar-refractivity contribution in [2.24, 2.45) is 0 Å². The summed E-state index contributed by atoms with van der Waals surface area (Å²) in [6.07, 6.45) is 10.7. The van der Waals surface area contributed by atoms with Gasteiger partial charge in [-0.1, -0.05) is 0 Å². The number of hydrogen-bond donors (Lipinski definition) is 1. The third kappa shape index (κ3) is 3.12. The minimum absolute atomic E-state index is 0.00762. The molecule has 2 heterocycles. The summed E-state index contributed by atoms with van der Waals surface area (Å²) in [4.78, 5) is 16.2. The summed E-state index contributed by atoms with van der Waals surface area (Å²) >= 11 is 3.44. The minimum Gasteiger partial charge on any atom is -0.351 e. The van der Waals surface area contributed by atoms with Gasteiger partial charge in [-0.25, -0.2) is 4.98 Å². The van der Waals surface area contributed by atoms with Crippen LogP contribution in [0.2, 0.25) is 0 Å². The van der Waals surface area contributed by atoms with Gasteiger partial charge >= 0.3 is 0 Å². The fraction of sp³-hybridized carbons (Fsp3) is 0.429. The predicted octanol–water partition coefficient (Wildman–Crippen LogP) is 2.60. The molecule has 0 unspecified atom stereocenters. The van der Waals surface area contributed by atoms with E-state index in [0.717, 1.165) is 23.1 Å². The van der Waals surface area contributed by atoms with Crippen molar-refractivity contribution in [1.82, 2.24) is 19.4 Å². The van der Waals surface area contributed by atoms with Crippen molar-refractivity contribution in [2.75, 3.05) is 6.54 Å². The van der Waals surface area contributed by atoms with E-state index in [4.69, 9.17) is 0 Å². The molecule has 0 aliphatic heterocycles. The van der Waals surface area contributed by atoms with E-state index in [-0.39, 0.29) is 5.91 Å². The molecule has 0 aromatic carbocycles. The average Bonchev–Trinajstić information content (AvgIpc) is 3.00. The fourth-order valence-corrected chi connectivity index (χ4v) is 2.69. The molecular formula is C14H17BrN4O. The van der Waals surface area contributed by atoms with E-state index in [0.29, 0.717) is 12.6 Å². The molecule has 1 N–H and O–H groups in total. The molecule has 0 atom stereocenters. The predicted molar refractivity (Wildman–Crippen MR) is 79.6 cm³/mol. The normalized spacial score (nSPS) is 14.4. The highest BCUT2D eigenvalue weighted by atomic mass is 79.9. The van der Waals surface area contributed by atoms with Crippen molar-refractivity contribution >= 4 is 21.8 Å². The summed E-state index contributed by atoms with van der Waals surface area (Å²) in [5.41, 5.74) is 0.752. The second kappa shape index (κ2) is 5.83. The van der Waals surface area contributed by atoms with E-state index in [1.165, 1.54) is 12.8 Å². The number of imidazole rings is 1. The lowest BCUT2D eigenvalue weighted by atomic mass is 10.3. The maximum absolute atomic E-state index is 12.2. The van der Waals surface area contributed by atoms with Gasteiger partial charge in [-0.05, 0) is 41.3 Å². The van der Waals surface area contributed by atoms with Crippen molar-refractivity contribution in [1.29, 1.82) is 0 Å². The number of amides is 1. The number of carbonyl (C=O) groups is 1. The van der Waals surface area contributed by atoms with Crippen LogP contribution in [0.4, 0.5) is 0 Å². The molecule has 106 valence electrons. The minimum atomic E-state index is 0.00762. The molecule has 1 aliphatic rings. The number of aromatic nitrogens is 3. The maximum Gasteiger partial charge on any atom is 0.267 e. The van der Waals surface area contributed by atoms with Gasteiger partial charge in [0.05, 0.1) is 6.33 Å². The van der Waals surface area contributed by atoms with Gasteiger partial charge in [-0.3, -0.25) is 4.79 Å². The summed E-state index contributed by atoms with van der Waals surface area (Å²) in [5, 5.41) is 2.98. The molecule has 0 bridgehead atoms. The van der Waals surface area contributed by atoms with Gasteiger partial charge in [0.25, 0.3) is 5.91 Å². The van der Waals surface area contributed by atoms with E-state index in [1.807, 2.05) is 23.0 Å². The number of nitrogens with zero attached hydrogens (tertiary/aromatic N) is 3. The van der Waals surface area contributed by atoms with Gasteiger partial charge in [-0.15, -0.1) is 0 Å². The number of nitrogens with one attached hydrogen (secondary N) is 1. The van der Waals surface area contributed by atoms with E-state index in [1.54, 1.807) is 12.5 Å². The van der Waals surface area contributed by atoms with Gasteiger partial charge in [0.1, 0.15) is 5.69 Å². The Morgan fingerprint density at radius 3 is 3.05 bits per heavy atom. The highest BCUT2D eigenvalue weighted by Gasteiger charge is 2.27. The quantitative estimate of drug-likeness (QED) is 0.824. The Labute approximate surface area is 126 Å². The first-order valence-electron chi connectivity index (χ1n) is 6.85. The highest BCUT2D eigenvalue weighted by Crippen LogP contribution is 2.37. The summed E-state index contributed by atoms with van der Waals surface area (Å²) < 4.78 is 5.05. The number of rotatable bonds is 6. The lowest BCUT2D eigenvalue weighted by Gasteiger charge is -2.08. The topological polar surface area (TPSA) is 51.9 Å². The van der Waals surface area contributed by atoms with Crippen LogP contribution in [0.25, 0.3) is 0 Å². The van der Waals surface area contributed by atoms with Crippen molar-refractivity contribution in [3.8, 4) is 0 Å². The number of aryl methyl sites for hydroxylation is 1. The van der Waals surface area contributed by atoms with Gasteiger partial charge in [0.15, 0.2) is 0 Å². The maximum atomic E-state index is 12.2. The molecule has 1 aliphatic carbocycles. The van der Waals surface area contributed by atoms with E-state index < -0.39 is 0 Å². The van der Waals surface area contributed by atoms with Crippen molar-refractivity contribution < 1.29 is 4.79 Å². The van der Waals surface area contributed by atoms with Crippen LogP contribution in [0.3, 0.4) is 0 Å². The molecule has 1 amide bonds. The molecule has 1 fully saturated rings. The fourth-order valence-electron chi connectivity index (χ4n) is 2.26. The van der Waals surface area contributed by atoms with Crippen LogP contribution < -0.4 is 5.32 Å². The van der Waals surface area contributed by atoms with E-state index in [2.05, 4.69) is 30.8 Å². The first-order valence-corrected chi connectivity index (χ1v) is 7.64. The third-order valence-corrected chi connectivity index (χ3v) is 3.86. The summed E-state index contributed by atoms with van der Waals surface area (Å²) in [7, 11) is 0. The Morgan fingerprint density at radius 2 is 2.35 bits per heavy atom. The van der Waals surface area contributed by atoms with Crippen molar-refractivity contribution in [2.45, 2.75) is 31.8 Å². The summed E-state index contributed by atoms with van der Waals surface area (Å²) in [5.74, 6) is 0.00762. The second-order valence-corrected chi connectivity index (χ2v) is 6.01. The molecule has 20 heavy (non-hydrogen) atoms. The van der Waals surface area contributed by atoms with E-state index in [9.17, 15) is 4.79 Å². The summed E-state index contributed by atoms with van der Waals surface area (Å²) in [6, 6.07) is 2.40. The Morgan fingerprint density at radius 1 is 1.50 bits per heavy atom. The van der Waals surface area contributed by atoms with Crippen LogP contribution in [0.1, 0.15) is 35.8 Å². The van der Waals surface area contributed by atoms with Crippen LogP contribution >= 0.6 is 15.9 Å². The van der Waals surface area contributed by atoms with Gasteiger partial charge in [-0.2, -0.15) is 0 Å². The summed E-state index contributed by atoms with van der Waals surface area (Å²) in [6.45, 7) is 1.54. The Balaban J connectivity index is 1.51. The molecule has 5 nitrogen and oxygen atoms in total. The van der Waals surface area contributed by atoms with Gasteiger partial charge < -0.3 is 14.5 Å². The van der Waals surface area contributed by atoms with E-state index >= 15 is 0 Å². The Bertz CT molecular complexity index is 586. The third-order valence-electron chi connectivity index (χ3n) is 3.43. The molecule has 0 radical (unpaired) electrons. The van der Waals surface area contributed by atoms with Crippen LogP contribution in [-0.2, 0) is 6.54 Å². The second-order valence-electron chi connectivity index (χ2n) is 5.09.